The largest absolute Gasteiger partial charge is 0.399 e. The summed E-state index contributed by atoms with van der Waals surface area (Å²) in [5, 5.41) is 15.0. The number of rotatable bonds is 5. The van der Waals surface area contributed by atoms with Crippen LogP contribution in [0.1, 0.15) is 0 Å². The highest BCUT2D eigenvalue weighted by atomic mass is 16.3. The summed E-state index contributed by atoms with van der Waals surface area (Å²) >= 11 is 0. The highest BCUT2D eigenvalue weighted by Gasteiger charge is 1.97. The SMILES string of the molecule is Nc1ccc(Nc2cncc(NCCO)c2)cc1. The van der Waals surface area contributed by atoms with Gasteiger partial charge in [0, 0.05) is 17.9 Å². The van der Waals surface area contributed by atoms with E-state index in [1.807, 2.05) is 30.3 Å². The van der Waals surface area contributed by atoms with Gasteiger partial charge in [-0.15, -0.1) is 0 Å². The van der Waals surface area contributed by atoms with Crippen LogP contribution in [0.2, 0.25) is 0 Å². The van der Waals surface area contributed by atoms with Crippen molar-refractivity contribution < 1.29 is 5.11 Å². The van der Waals surface area contributed by atoms with Crippen molar-refractivity contribution in [1.29, 1.82) is 0 Å². The van der Waals surface area contributed by atoms with Crippen LogP contribution >= 0.6 is 0 Å². The zero-order valence-electron chi connectivity index (χ0n) is 9.93. The Hall–Kier alpha value is -2.27. The van der Waals surface area contributed by atoms with E-state index in [4.69, 9.17) is 10.8 Å². The fraction of sp³-hybridized carbons (Fsp3) is 0.154. The molecule has 0 saturated carbocycles. The number of nitrogens with one attached hydrogen (secondary N) is 2. The van der Waals surface area contributed by atoms with Crippen LogP contribution in [-0.2, 0) is 0 Å². The first-order valence-corrected chi connectivity index (χ1v) is 5.70. The number of aliphatic hydroxyl groups excluding tert-OH is 1. The monoisotopic (exact) mass is 244 g/mol. The maximum atomic E-state index is 8.75. The van der Waals surface area contributed by atoms with E-state index in [9.17, 15) is 0 Å². The number of aliphatic hydroxyl groups is 1. The van der Waals surface area contributed by atoms with Gasteiger partial charge in [-0.3, -0.25) is 4.98 Å². The maximum Gasteiger partial charge on any atom is 0.0604 e. The Labute approximate surface area is 106 Å². The molecule has 2 rings (SSSR count). The molecule has 0 bridgehead atoms. The normalized spacial score (nSPS) is 10.1. The molecule has 0 aliphatic heterocycles. The fourth-order valence-corrected chi connectivity index (χ4v) is 1.54. The van der Waals surface area contributed by atoms with Gasteiger partial charge in [0.2, 0.25) is 0 Å². The molecule has 5 N–H and O–H groups in total. The Morgan fingerprint density at radius 1 is 1.06 bits per heavy atom. The van der Waals surface area contributed by atoms with Gasteiger partial charge in [0.15, 0.2) is 0 Å². The van der Waals surface area contributed by atoms with Gasteiger partial charge in [0.05, 0.1) is 30.4 Å². The molecule has 0 aliphatic rings. The number of benzene rings is 1. The van der Waals surface area contributed by atoms with E-state index < -0.39 is 0 Å². The number of nitrogens with zero attached hydrogens (tertiary/aromatic N) is 1. The van der Waals surface area contributed by atoms with Gasteiger partial charge in [0.1, 0.15) is 0 Å². The lowest BCUT2D eigenvalue weighted by Crippen LogP contribution is -2.05. The molecule has 5 nitrogen and oxygen atoms in total. The van der Waals surface area contributed by atoms with Crippen LogP contribution in [-0.4, -0.2) is 23.2 Å². The number of pyridine rings is 1. The van der Waals surface area contributed by atoms with Crippen LogP contribution in [0, 0.1) is 0 Å². The van der Waals surface area contributed by atoms with Crippen LogP contribution in [0.5, 0.6) is 0 Å². The van der Waals surface area contributed by atoms with Gasteiger partial charge in [-0.1, -0.05) is 0 Å². The molecule has 0 saturated heterocycles. The van der Waals surface area contributed by atoms with E-state index in [0.29, 0.717) is 6.54 Å². The van der Waals surface area contributed by atoms with E-state index in [0.717, 1.165) is 22.7 Å². The Morgan fingerprint density at radius 2 is 1.78 bits per heavy atom. The molecule has 1 aromatic carbocycles. The Balaban J connectivity index is 2.06. The van der Waals surface area contributed by atoms with Gasteiger partial charge in [-0.25, -0.2) is 0 Å². The average Bonchev–Trinajstić information content (AvgIpc) is 2.40. The Bertz CT molecular complexity index is 499. The molecule has 1 aromatic heterocycles. The van der Waals surface area contributed by atoms with Crippen molar-refractivity contribution in [1.82, 2.24) is 4.98 Å². The third-order valence-electron chi connectivity index (χ3n) is 2.38. The van der Waals surface area contributed by atoms with E-state index >= 15 is 0 Å². The average molecular weight is 244 g/mol. The zero-order valence-corrected chi connectivity index (χ0v) is 9.93. The van der Waals surface area contributed by atoms with Crippen LogP contribution in [0.15, 0.2) is 42.7 Å². The topological polar surface area (TPSA) is 83.2 Å². The predicted molar refractivity (Wildman–Crippen MR) is 73.9 cm³/mol. The van der Waals surface area contributed by atoms with E-state index in [2.05, 4.69) is 15.6 Å². The summed E-state index contributed by atoms with van der Waals surface area (Å²) in [5.74, 6) is 0. The van der Waals surface area contributed by atoms with Crippen LogP contribution in [0.4, 0.5) is 22.7 Å². The van der Waals surface area contributed by atoms with E-state index in [1.165, 1.54) is 0 Å². The summed E-state index contributed by atoms with van der Waals surface area (Å²) in [5.41, 5.74) is 9.05. The summed E-state index contributed by atoms with van der Waals surface area (Å²) in [7, 11) is 0. The second-order valence-corrected chi connectivity index (χ2v) is 3.86. The number of hydrogen-bond donors (Lipinski definition) is 4. The zero-order chi connectivity index (χ0) is 12.8. The summed E-state index contributed by atoms with van der Waals surface area (Å²) in [6.45, 7) is 0.600. The molecule has 0 amide bonds. The first-order chi connectivity index (χ1) is 8.78. The molecule has 0 aliphatic carbocycles. The number of hydrogen-bond acceptors (Lipinski definition) is 5. The minimum atomic E-state index is 0.0929. The maximum absolute atomic E-state index is 8.75. The van der Waals surface area contributed by atoms with Crippen molar-refractivity contribution in [2.24, 2.45) is 0 Å². The smallest absolute Gasteiger partial charge is 0.0604 e. The molecule has 0 unspecified atom stereocenters. The third kappa shape index (κ3) is 3.36. The molecule has 0 fully saturated rings. The molecule has 5 heteroatoms. The van der Waals surface area contributed by atoms with Crippen LogP contribution in [0.3, 0.4) is 0 Å². The standard InChI is InChI=1S/C13H16N4O/c14-10-1-3-11(4-2-10)17-13-7-12(8-15-9-13)16-5-6-18/h1-4,7-9,16-18H,5-6,14H2. The number of anilines is 4. The third-order valence-corrected chi connectivity index (χ3v) is 2.38. The molecule has 0 radical (unpaired) electrons. The molecule has 0 spiro atoms. The summed E-state index contributed by atoms with van der Waals surface area (Å²) in [6.07, 6.45) is 3.45. The first-order valence-electron chi connectivity index (χ1n) is 5.70. The van der Waals surface area contributed by atoms with Gasteiger partial charge in [-0.2, -0.15) is 0 Å². The minimum absolute atomic E-state index is 0.0929. The fourth-order valence-electron chi connectivity index (χ4n) is 1.54. The van der Waals surface area contributed by atoms with Gasteiger partial charge in [-0.05, 0) is 30.3 Å². The quantitative estimate of drug-likeness (QED) is 0.603. The number of nitrogens with two attached hydrogens (primary N) is 1. The molecule has 18 heavy (non-hydrogen) atoms. The summed E-state index contributed by atoms with van der Waals surface area (Å²) in [6, 6.07) is 9.42. The lowest BCUT2D eigenvalue weighted by atomic mass is 10.2. The Morgan fingerprint density at radius 3 is 2.50 bits per heavy atom. The molecule has 94 valence electrons. The second kappa shape index (κ2) is 5.88. The van der Waals surface area contributed by atoms with Gasteiger partial charge < -0.3 is 21.5 Å². The van der Waals surface area contributed by atoms with Crippen molar-refractivity contribution in [3.63, 3.8) is 0 Å². The van der Waals surface area contributed by atoms with Crippen molar-refractivity contribution in [3.05, 3.63) is 42.7 Å². The van der Waals surface area contributed by atoms with E-state index in [1.54, 1.807) is 12.4 Å². The molecular weight excluding hydrogens is 228 g/mol. The lowest BCUT2D eigenvalue weighted by molar-refractivity contribution is 0.311. The van der Waals surface area contributed by atoms with Gasteiger partial charge in [0.25, 0.3) is 0 Å². The molecular formula is C13H16N4O. The molecule has 1 heterocycles. The second-order valence-electron chi connectivity index (χ2n) is 3.86. The van der Waals surface area contributed by atoms with Crippen molar-refractivity contribution in [2.45, 2.75) is 0 Å². The molecule has 2 aromatic rings. The van der Waals surface area contributed by atoms with Crippen molar-refractivity contribution >= 4 is 22.7 Å². The lowest BCUT2D eigenvalue weighted by Gasteiger charge is -2.09. The highest BCUT2D eigenvalue weighted by molar-refractivity contribution is 5.64. The number of nitrogen functional groups attached to an aromatic ring is 1. The van der Waals surface area contributed by atoms with Crippen LogP contribution in [0.25, 0.3) is 0 Å². The highest BCUT2D eigenvalue weighted by Crippen LogP contribution is 2.19. The van der Waals surface area contributed by atoms with E-state index in [-0.39, 0.29) is 6.61 Å². The summed E-state index contributed by atoms with van der Waals surface area (Å²) < 4.78 is 0. The molecule has 0 atom stereocenters. The number of aromatic nitrogens is 1. The first kappa shape index (κ1) is 12.2. The minimum Gasteiger partial charge on any atom is -0.399 e. The predicted octanol–water partition coefficient (Wildman–Crippen LogP) is 1.81. The van der Waals surface area contributed by atoms with Crippen molar-refractivity contribution in [2.75, 3.05) is 29.5 Å². The Kier molecular flexibility index (Phi) is 3.98. The van der Waals surface area contributed by atoms with Crippen molar-refractivity contribution in [3.8, 4) is 0 Å². The van der Waals surface area contributed by atoms with Crippen LogP contribution < -0.4 is 16.4 Å². The van der Waals surface area contributed by atoms with Gasteiger partial charge >= 0.3 is 0 Å². The summed E-state index contributed by atoms with van der Waals surface area (Å²) in [4.78, 5) is 4.12.